The van der Waals surface area contributed by atoms with Crippen molar-refractivity contribution in [3.05, 3.63) is 29.3 Å². The monoisotopic (exact) mass is 343 g/mol. The fourth-order valence-electron chi connectivity index (χ4n) is 4.13. The van der Waals surface area contributed by atoms with Gasteiger partial charge in [0, 0.05) is 37.7 Å². The molecule has 0 bridgehead atoms. The third kappa shape index (κ3) is 3.17. The largest absolute Gasteiger partial charge is 0.491 e. The van der Waals surface area contributed by atoms with Gasteiger partial charge in [-0.3, -0.25) is 4.79 Å². The average Bonchev–Trinajstić information content (AvgIpc) is 3.21. The molecule has 0 aliphatic carbocycles. The molecule has 2 fully saturated rings. The van der Waals surface area contributed by atoms with Gasteiger partial charge in [0.25, 0.3) is 0 Å². The first-order valence-electron chi connectivity index (χ1n) is 9.20. The maximum Gasteiger partial charge on any atom is 0.318 e. The smallest absolute Gasteiger partial charge is 0.318 e. The molecule has 134 valence electrons. The Hall–Kier alpha value is -2.24. The van der Waals surface area contributed by atoms with Crippen molar-refractivity contribution < 1.29 is 14.3 Å². The molecule has 1 atom stereocenters. The number of aryl methyl sites for hydroxylation is 1. The maximum atomic E-state index is 12.6. The first-order valence-corrected chi connectivity index (χ1v) is 9.20. The number of ether oxygens (including phenoxy) is 1. The first-order chi connectivity index (χ1) is 12.1. The third-order valence-electron chi connectivity index (χ3n) is 5.55. The molecule has 6 nitrogen and oxygen atoms in total. The molecule has 25 heavy (non-hydrogen) atoms. The Kier molecular flexibility index (Phi) is 4.27. The van der Waals surface area contributed by atoms with Gasteiger partial charge in [-0.2, -0.15) is 0 Å². The molecule has 0 saturated carbocycles. The fourth-order valence-corrected chi connectivity index (χ4v) is 4.13. The number of hydrogen-bond donors (Lipinski definition) is 1. The van der Waals surface area contributed by atoms with Crippen molar-refractivity contribution in [1.29, 1.82) is 0 Å². The van der Waals surface area contributed by atoms with Gasteiger partial charge in [0.1, 0.15) is 12.4 Å². The van der Waals surface area contributed by atoms with Crippen LogP contribution >= 0.6 is 0 Å². The van der Waals surface area contributed by atoms with Crippen LogP contribution in [0.25, 0.3) is 0 Å². The molecular weight excluding hydrogens is 318 g/mol. The van der Waals surface area contributed by atoms with E-state index in [2.05, 4.69) is 11.4 Å². The average molecular weight is 343 g/mol. The van der Waals surface area contributed by atoms with Crippen LogP contribution < -0.4 is 10.1 Å². The Morgan fingerprint density at radius 1 is 1.24 bits per heavy atom. The molecule has 0 radical (unpaired) electrons. The number of benzene rings is 1. The fraction of sp³-hybridized carbons (Fsp3) is 0.579. The topological polar surface area (TPSA) is 61.9 Å². The summed E-state index contributed by atoms with van der Waals surface area (Å²) in [6.07, 6.45) is 3.40. The molecule has 6 heteroatoms. The second-order valence-corrected chi connectivity index (χ2v) is 7.26. The number of rotatable bonds is 2. The van der Waals surface area contributed by atoms with Crippen LogP contribution in [0.2, 0.25) is 0 Å². The molecule has 4 rings (SSSR count). The highest BCUT2D eigenvalue weighted by molar-refractivity contribution is 5.78. The van der Waals surface area contributed by atoms with Crippen LogP contribution in [0, 0.1) is 6.92 Å². The number of urea groups is 1. The summed E-state index contributed by atoms with van der Waals surface area (Å²) in [6.45, 7) is 4.82. The van der Waals surface area contributed by atoms with Crippen LogP contribution in [0.15, 0.2) is 18.2 Å². The zero-order valence-corrected chi connectivity index (χ0v) is 14.7. The molecule has 3 aliphatic heterocycles. The van der Waals surface area contributed by atoms with Gasteiger partial charge >= 0.3 is 6.03 Å². The van der Waals surface area contributed by atoms with Crippen molar-refractivity contribution in [2.45, 2.75) is 44.7 Å². The highest BCUT2D eigenvalue weighted by atomic mass is 16.5. The van der Waals surface area contributed by atoms with E-state index < -0.39 is 0 Å². The minimum Gasteiger partial charge on any atom is -0.491 e. The number of nitrogens with one attached hydrogen (secondary N) is 1. The van der Waals surface area contributed by atoms with E-state index >= 15 is 0 Å². The number of carbonyl (C=O) groups is 2. The van der Waals surface area contributed by atoms with Crippen LogP contribution in [0.4, 0.5) is 4.79 Å². The summed E-state index contributed by atoms with van der Waals surface area (Å²) in [4.78, 5) is 28.4. The van der Waals surface area contributed by atoms with Crippen LogP contribution in [-0.2, 0) is 4.79 Å². The van der Waals surface area contributed by atoms with Crippen molar-refractivity contribution in [3.8, 4) is 5.75 Å². The van der Waals surface area contributed by atoms with Crippen molar-refractivity contribution in [2.24, 2.45) is 0 Å². The lowest BCUT2D eigenvalue weighted by molar-refractivity contribution is -0.130. The molecule has 3 heterocycles. The summed E-state index contributed by atoms with van der Waals surface area (Å²) in [6, 6.07) is 6.26. The Bertz CT molecular complexity index is 682. The summed E-state index contributed by atoms with van der Waals surface area (Å²) in [5.74, 6) is 1.14. The number of likely N-dealkylation sites (tertiary alicyclic amines) is 2. The van der Waals surface area contributed by atoms with E-state index in [1.165, 1.54) is 5.56 Å². The van der Waals surface area contributed by atoms with Gasteiger partial charge in [-0.15, -0.1) is 0 Å². The summed E-state index contributed by atoms with van der Waals surface area (Å²) < 4.78 is 5.67. The van der Waals surface area contributed by atoms with E-state index in [-0.39, 0.29) is 18.0 Å². The molecule has 0 aromatic heterocycles. The predicted octanol–water partition coefficient (Wildman–Crippen LogP) is 2.22. The van der Waals surface area contributed by atoms with Crippen molar-refractivity contribution in [3.63, 3.8) is 0 Å². The van der Waals surface area contributed by atoms with E-state index in [4.69, 9.17) is 4.74 Å². The second kappa shape index (κ2) is 6.58. The zero-order valence-electron chi connectivity index (χ0n) is 14.7. The van der Waals surface area contributed by atoms with Gasteiger partial charge in [-0.05, 0) is 32.3 Å². The number of carbonyl (C=O) groups excluding carboxylic acids is 2. The molecule has 3 aliphatic rings. The molecule has 2 saturated heterocycles. The number of amides is 3. The van der Waals surface area contributed by atoms with Gasteiger partial charge in [-0.25, -0.2) is 4.79 Å². The zero-order chi connectivity index (χ0) is 17.4. The van der Waals surface area contributed by atoms with E-state index in [1.807, 2.05) is 28.9 Å². The van der Waals surface area contributed by atoms with E-state index in [0.29, 0.717) is 32.2 Å². The molecule has 1 aromatic rings. The van der Waals surface area contributed by atoms with Crippen LogP contribution in [0.3, 0.4) is 0 Å². The minimum absolute atomic E-state index is 0.0332. The molecule has 1 N–H and O–H groups in total. The van der Waals surface area contributed by atoms with E-state index in [0.717, 1.165) is 37.1 Å². The number of fused-ring (bicyclic) bond motifs is 1. The normalized spacial score (nSPS) is 23.6. The van der Waals surface area contributed by atoms with Crippen LogP contribution in [0.5, 0.6) is 5.75 Å². The summed E-state index contributed by atoms with van der Waals surface area (Å²) in [5, 5.41) is 3.11. The van der Waals surface area contributed by atoms with Gasteiger partial charge in [0.05, 0.1) is 6.04 Å². The lowest BCUT2D eigenvalue weighted by Crippen LogP contribution is -2.50. The molecular formula is C19H25N3O3. The number of hydrogen-bond acceptors (Lipinski definition) is 3. The highest BCUT2D eigenvalue weighted by Gasteiger charge is 2.33. The van der Waals surface area contributed by atoms with Gasteiger partial charge in [0.2, 0.25) is 5.91 Å². The van der Waals surface area contributed by atoms with Crippen molar-refractivity contribution >= 4 is 11.9 Å². The minimum atomic E-state index is -0.0831. The van der Waals surface area contributed by atoms with E-state index in [1.54, 1.807) is 0 Å². The van der Waals surface area contributed by atoms with Crippen molar-refractivity contribution in [1.82, 2.24) is 15.1 Å². The van der Waals surface area contributed by atoms with Crippen LogP contribution in [0.1, 0.15) is 42.9 Å². The summed E-state index contributed by atoms with van der Waals surface area (Å²) in [7, 11) is 0. The predicted molar refractivity (Wildman–Crippen MR) is 93.5 cm³/mol. The SMILES string of the molecule is Cc1ccc2c(c1)[C@@H](NC(=O)N1CCC(N3CCCC3=O)CC1)CO2. The summed E-state index contributed by atoms with van der Waals surface area (Å²) in [5.41, 5.74) is 2.23. The lowest BCUT2D eigenvalue weighted by Gasteiger charge is -2.37. The van der Waals surface area contributed by atoms with Gasteiger partial charge in [-0.1, -0.05) is 17.7 Å². The molecule has 3 amide bonds. The van der Waals surface area contributed by atoms with Gasteiger partial charge in [0.15, 0.2) is 0 Å². The Morgan fingerprint density at radius 3 is 2.76 bits per heavy atom. The quantitative estimate of drug-likeness (QED) is 0.896. The first kappa shape index (κ1) is 16.2. The van der Waals surface area contributed by atoms with Gasteiger partial charge < -0.3 is 19.9 Å². The van der Waals surface area contributed by atoms with Crippen molar-refractivity contribution in [2.75, 3.05) is 26.2 Å². The maximum absolute atomic E-state index is 12.6. The molecule has 1 aromatic carbocycles. The Labute approximate surface area is 148 Å². The molecule has 0 spiro atoms. The number of piperidine rings is 1. The standard InChI is InChI=1S/C19H25N3O3/c1-13-4-5-17-15(11-13)16(12-25-17)20-19(24)21-9-6-14(7-10-21)22-8-2-3-18(22)23/h4-5,11,14,16H,2-3,6-10,12H2,1H3,(H,20,24)/t16-/m0/s1. The highest BCUT2D eigenvalue weighted by Crippen LogP contribution is 2.33. The lowest BCUT2D eigenvalue weighted by atomic mass is 10.0. The number of nitrogens with zero attached hydrogens (tertiary/aromatic N) is 2. The van der Waals surface area contributed by atoms with Crippen LogP contribution in [-0.4, -0.2) is 54.0 Å². The Morgan fingerprint density at radius 2 is 2.04 bits per heavy atom. The third-order valence-corrected chi connectivity index (χ3v) is 5.55. The summed E-state index contributed by atoms with van der Waals surface area (Å²) >= 11 is 0. The second-order valence-electron chi connectivity index (χ2n) is 7.26. The van der Waals surface area contributed by atoms with E-state index in [9.17, 15) is 9.59 Å². The molecule has 0 unspecified atom stereocenters. The Balaban J connectivity index is 1.33.